The number of methoxy groups -OCH3 is 1. The maximum atomic E-state index is 5.66. The molecule has 1 aliphatic heterocycles. The largest absolute Gasteiger partial charge is 0.350 e. The van der Waals surface area contributed by atoms with Crippen molar-refractivity contribution in [1.82, 2.24) is 5.43 Å². The number of benzene rings is 1. The lowest BCUT2D eigenvalue weighted by atomic mass is 9.84. The molecule has 0 radical (unpaired) electrons. The SMILES string of the molecule is COC1(c2ccccc2C)N=NNC1(C)C. The van der Waals surface area contributed by atoms with E-state index in [1.165, 1.54) is 0 Å². The molecule has 4 nitrogen and oxygen atoms in total. The summed E-state index contributed by atoms with van der Waals surface area (Å²) in [5.41, 5.74) is 4.11. The standard InChI is InChI=1S/C12H17N3O/c1-9-7-5-6-8-10(9)12(16-4)11(2,3)13-15-14-12/h5-8H,1-4H3,(H,13,14). The van der Waals surface area contributed by atoms with Crippen molar-refractivity contribution in [2.24, 2.45) is 10.3 Å². The van der Waals surface area contributed by atoms with Gasteiger partial charge in [-0.1, -0.05) is 29.5 Å². The summed E-state index contributed by atoms with van der Waals surface area (Å²) in [5, 5.41) is 8.19. The zero-order valence-electron chi connectivity index (χ0n) is 10.1. The third kappa shape index (κ3) is 1.33. The lowest BCUT2D eigenvalue weighted by Crippen LogP contribution is -2.51. The van der Waals surface area contributed by atoms with E-state index in [1.807, 2.05) is 32.0 Å². The topological polar surface area (TPSA) is 46.0 Å². The van der Waals surface area contributed by atoms with Gasteiger partial charge in [-0.05, 0) is 26.3 Å². The molecule has 1 N–H and O–H groups in total. The van der Waals surface area contributed by atoms with E-state index in [0.717, 1.165) is 11.1 Å². The van der Waals surface area contributed by atoms with E-state index >= 15 is 0 Å². The minimum Gasteiger partial charge on any atom is -0.350 e. The van der Waals surface area contributed by atoms with Crippen LogP contribution >= 0.6 is 0 Å². The number of hydrogen-bond donors (Lipinski definition) is 1. The molecule has 1 heterocycles. The average molecular weight is 219 g/mol. The molecule has 1 aromatic rings. The second-order valence-corrected chi connectivity index (χ2v) is 4.60. The molecule has 0 spiro atoms. The van der Waals surface area contributed by atoms with Crippen LogP contribution in [-0.2, 0) is 10.5 Å². The van der Waals surface area contributed by atoms with Crippen LogP contribution in [0.1, 0.15) is 25.0 Å². The summed E-state index contributed by atoms with van der Waals surface area (Å²) < 4.78 is 5.66. The average Bonchev–Trinajstić information content (AvgIpc) is 2.55. The van der Waals surface area contributed by atoms with Gasteiger partial charge in [-0.25, -0.2) is 0 Å². The Morgan fingerprint density at radius 2 is 1.94 bits per heavy atom. The van der Waals surface area contributed by atoms with Crippen molar-refractivity contribution in [3.05, 3.63) is 35.4 Å². The van der Waals surface area contributed by atoms with Crippen LogP contribution in [0.3, 0.4) is 0 Å². The molecule has 86 valence electrons. The van der Waals surface area contributed by atoms with Gasteiger partial charge in [0.15, 0.2) is 0 Å². The van der Waals surface area contributed by atoms with Gasteiger partial charge in [0.25, 0.3) is 0 Å². The Labute approximate surface area is 95.7 Å². The number of nitrogens with zero attached hydrogens (tertiary/aromatic N) is 2. The van der Waals surface area contributed by atoms with Gasteiger partial charge in [0.1, 0.15) is 5.54 Å². The van der Waals surface area contributed by atoms with E-state index in [9.17, 15) is 0 Å². The highest BCUT2D eigenvalue weighted by Crippen LogP contribution is 2.42. The molecule has 16 heavy (non-hydrogen) atoms. The highest BCUT2D eigenvalue weighted by atomic mass is 16.5. The fourth-order valence-electron chi connectivity index (χ4n) is 2.17. The Kier molecular flexibility index (Phi) is 2.46. The second-order valence-electron chi connectivity index (χ2n) is 4.60. The summed E-state index contributed by atoms with van der Waals surface area (Å²) in [5.74, 6) is 0. The summed E-state index contributed by atoms with van der Waals surface area (Å²) in [6.45, 7) is 6.12. The number of rotatable bonds is 2. The Bertz CT molecular complexity index is 428. The number of hydrogen-bond acceptors (Lipinski definition) is 4. The highest BCUT2D eigenvalue weighted by molar-refractivity contribution is 5.34. The van der Waals surface area contributed by atoms with E-state index in [1.54, 1.807) is 7.11 Å². The molecule has 0 aromatic heterocycles. The van der Waals surface area contributed by atoms with Crippen LogP contribution in [0.4, 0.5) is 0 Å². The summed E-state index contributed by atoms with van der Waals surface area (Å²) in [7, 11) is 1.67. The molecule has 4 heteroatoms. The monoisotopic (exact) mass is 219 g/mol. The molecular formula is C12H17N3O. The van der Waals surface area contributed by atoms with Gasteiger partial charge in [-0.3, -0.25) is 5.43 Å². The Morgan fingerprint density at radius 3 is 2.44 bits per heavy atom. The molecule has 1 aliphatic rings. The van der Waals surface area contributed by atoms with Crippen LogP contribution in [0.25, 0.3) is 0 Å². The van der Waals surface area contributed by atoms with E-state index in [4.69, 9.17) is 4.74 Å². The number of aryl methyl sites for hydroxylation is 1. The molecule has 0 saturated heterocycles. The Hall–Kier alpha value is -1.42. The van der Waals surface area contributed by atoms with Crippen molar-refractivity contribution in [2.45, 2.75) is 32.0 Å². The summed E-state index contributed by atoms with van der Waals surface area (Å²) in [6, 6.07) is 8.09. The first kappa shape index (κ1) is 11.1. The number of ether oxygens (including phenoxy) is 1. The summed E-state index contributed by atoms with van der Waals surface area (Å²) in [4.78, 5) is 0. The van der Waals surface area contributed by atoms with Crippen LogP contribution in [-0.4, -0.2) is 12.6 Å². The van der Waals surface area contributed by atoms with Gasteiger partial charge in [0.2, 0.25) is 5.72 Å². The molecular weight excluding hydrogens is 202 g/mol. The van der Waals surface area contributed by atoms with Crippen LogP contribution in [0.5, 0.6) is 0 Å². The summed E-state index contributed by atoms with van der Waals surface area (Å²) in [6.07, 6.45) is 0. The van der Waals surface area contributed by atoms with E-state index < -0.39 is 5.72 Å². The molecule has 1 unspecified atom stereocenters. The predicted molar refractivity (Wildman–Crippen MR) is 61.9 cm³/mol. The normalized spacial score (nSPS) is 26.8. The van der Waals surface area contributed by atoms with Gasteiger partial charge in [0.05, 0.1) is 0 Å². The first-order valence-electron chi connectivity index (χ1n) is 5.34. The smallest absolute Gasteiger partial charge is 0.231 e. The van der Waals surface area contributed by atoms with Crippen LogP contribution in [0, 0.1) is 6.92 Å². The fraction of sp³-hybridized carbons (Fsp3) is 0.500. The minimum atomic E-state index is -0.738. The third-order valence-corrected chi connectivity index (χ3v) is 3.17. The van der Waals surface area contributed by atoms with Gasteiger partial charge in [0, 0.05) is 12.7 Å². The molecule has 1 atom stereocenters. The van der Waals surface area contributed by atoms with Gasteiger partial charge >= 0.3 is 0 Å². The van der Waals surface area contributed by atoms with Crippen molar-refractivity contribution >= 4 is 0 Å². The molecule has 0 aliphatic carbocycles. The van der Waals surface area contributed by atoms with Gasteiger partial charge in [-0.2, -0.15) is 0 Å². The van der Waals surface area contributed by atoms with E-state index in [2.05, 4.69) is 28.8 Å². The maximum absolute atomic E-state index is 5.66. The molecule has 0 bridgehead atoms. The van der Waals surface area contributed by atoms with Gasteiger partial charge in [-0.15, -0.1) is 5.11 Å². The minimum absolute atomic E-state index is 0.353. The van der Waals surface area contributed by atoms with E-state index in [0.29, 0.717) is 0 Å². The zero-order valence-corrected chi connectivity index (χ0v) is 10.1. The Morgan fingerprint density at radius 1 is 1.25 bits per heavy atom. The van der Waals surface area contributed by atoms with Crippen molar-refractivity contribution in [1.29, 1.82) is 0 Å². The molecule has 0 fully saturated rings. The number of nitrogens with one attached hydrogen (secondary N) is 1. The first-order valence-corrected chi connectivity index (χ1v) is 5.34. The molecule has 0 amide bonds. The lowest BCUT2D eigenvalue weighted by molar-refractivity contribution is -0.0567. The quantitative estimate of drug-likeness (QED) is 0.830. The van der Waals surface area contributed by atoms with Crippen LogP contribution in [0.2, 0.25) is 0 Å². The zero-order chi connectivity index (χ0) is 11.8. The summed E-state index contributed by atoms with van der Waals surface area (Å²) >= 11 is 0. The highest BCUT2D eigenvalue weighted by Gasteiger charge is 2.52. The Balaban J connectivity index is 2.59. The van der Waals surface area contributed by atoms with Crippen LogP contribution < -0.4 is 5.43 Å². The van der Waals surface area contributed by atoms with Crippen molar-refractivity contribution in [3.8, 4) is 0 Å². The van der Waals surface area contributed by atoms with Crippen LogP contribution in [0.15, 0.2) is 34.6 Å². The molecule has 2 rings (SSSR count). The fourth-order valence-corrected chi connectivity index (χ4v) is 2.17. The van der Waals surface area contributed by atoms with Crippen molar-refractivity contribution in [3.63, 3.8) is 0 Å². The third-order valence-electron chi connectivity index (χ3n) is 3.17. The second kappa shape index (κ2) is 3.56. The molecule has 1 aromatic carbocycles. The maximum Gasteiger partial charge on any atom is 0.231 e. The van der Waals surface area contributed by atoms with Crippen molar-refractivity contribution in [2.75, 3.05) is 7.11 Å². The van der Waals surface area contributed by atoms with Crippen molar-refractivity contribution < 1.29 is 4.74 Å². The first-order chi connectivity index (χ1) is 7.53. The predicted octanol–water partition coefficient (Wildman–Crippen LogP) is 2.54. The molecule has 0 saturated carbocycles. The lowest BCUT2D eigenvalue weighted by Gasteiger charge is -2.36. The van der Waals surface area contributed by atoms with Gasteiger partial charge < -0.3 is 4.74 Å². The van der Waals surface area contributed by atoms with E-state index in [-0.39, 0.29) is 5.54 Å².